The van der Waals surface area contributed by atoms with Crippen molar-refractivity contribution < 1.29 is 37.6 Å². The summed E-state index contributed by atoms with van der Waals surface area (Å²) < 4.78 is 35.3. The van der Waals surface area contributed by atoms with Gasteiger partial charge in [-0.1, -0.05) is 78.9 Å². The molecular formula is C62H65FN8O7S. The number of pyridine rings is 3. The molecule has 8 aromatic rings. The monoisotopic (exact) mass is 1080 g/mol. The summed E-state index contributed by atoms with van der Waals surface area (Å²) in [6.07, 6.45) is 4.27. The van der Waals surface area contributed by atoms with Gasteiger partial charge in [-0.2, -0.15) is 0 Å². The Balaban J connectivity index is 0.000000197. The highest BCUT2D eigenvalue weighted by Crippen LogP contribution is 2.45. The second-order valence-electron chi connectivity index (χ2n) is 20.8. The van der Waals surface area contributed by atoms with Crippen molar-refractivity contribution in [1.82, 2.24) is 40.1 Å². The Kier molecular flexibility index (Phi) is 17.2. The number of benzene rings is 4. The van der Waals surface area contributed by atoms with Crippen molar-refractivity contribution in [3.05, 3.63) is 185 Å². The molecule has 0 unspecified atom stereocenters. The number of fused-ring (bicyclic) bond motifs is 3. The number of carbonyl (C=O) groups excluding carboxylic acids is 3. The molecule has 17 heteroatoms. The van der Waals surface area contributed by atoms with Gasteiger partial charge in [-0.15, -0.1) is 0 Å². The summed E-state index contributed by atoms with van der Waals surface area (Å²) in [5, 5.41) is 29.5. The predicted octanol–water partition coefficient (Wildman–Crippen LogP) is 10.8. The first-order chi connectivity index (χ1) is 38.1. The highest BCUT2D eigenvalue weighted by atomic mass is 32.2. The Morgan fingerprint density at radius 3 is 1.95 bits per heavy atom. The van der Waals surface area contributed by atoms with Crippen LogP contribution in [0.2, 0.25) is 0 Å². The van der Waals surface area contributed by atoms with Crippen LogP contribution in [-0.2, 0) is 30.6 Å². The molecule has 0 spiro atoms. The third-order valence-electron chi connectivity index (χ3n) is 13.7. The normalized spacial score (nSPS) is 15.3. The number of carbonyl (C=O) groups is 3. The smallest absolute Gasteiger partial charge is 0.318 e. The number of halogens is 1. The van der Waals surface area contributed by atoms with Crippen LogP contribution in [0.4, 0.5) is 9.18 Å². The van der Waals surface area contributed by atoms with E-state index in [9.17, 15) is 33.2 Å². The third-order valence-corrected chi connectivity index (χ3v) is 15.6. The Morgan fingerprint density at radius 2 is 1.32 bits per heavy atom. The lowest BCUT2D eigenvalue weighted by molar-refractivity contribution is 0.0939. The van der Waals surface area contributed by atoms with E-state index in [2.05, 4.69) is 20.9 Å². The number of aliphatic hydroxyl groups excluding tert-OH is 2. The number of rotatable bonds is 15. The Morgan fingerprint density at radius 1 is 0.722 bits per heavy atom. The number of hydrogen-bond acceptors (Lipinski definition) is 10. The fraction of sp³-hybridized carbons (Fsp3) is 0.290. The molecule has 4 aromatic heterocycles. The van der Waals surface area contributed by atoms with E-state index in [4.69, 9.17) is 14.4 Å². The van der Waals surface area contributed by atoms with Crippen LogP contribution in [-0.4, -0.2) is 87.0 Å². The number of aromatic nitrogens is 3. The van der Waals surface area contributed by atoms with Gasteiger partial charge in [-0.05, 0) is 120 Å². The van der Waals surface area contributed by atoms with Crippen LogP contribution in [0.15, 0.2) is 144 Å². The van der Waals surface area contributed by atoms with E-state index in [1.807, 2.05) is 143 Å². The molecule has 408 valence electrons. The zero-order valence-corrected chi connectivity index (χ0v) is 45.9. The van der Waals surface area contributed by atoms with Gasteiger partial charge in [0.1, 0.15) is 39.5 Å². The summed E-state index contributed by atoms with van der Waals surface area (Å²) in [4.78, 5) is 55.1. The van der Waals surface area contributed by atoms with Crippen molar-refractivity contribution >= 4 is 39.8 Å². The van der Waals surface area contributed by atoms with Crippen molar-refractivity contribution in [3.63, 3.8) is 0 Å². The second-order valence-corrected chi connectivity index (χ2v) is 23.0. The van der Waals surface area contributed by atoms with Crippen LogP contribution in [0.1, 0.15) is 115 Å². The molecule has 15 nitrogen and oxygen atoms in total. The number of amides is 4. The Bertz CT molecular complexity index is 3510. The number of urea groups is 1. The molecule has 2 aliphatic heterocycles. The van der Waals surface area contributed by atoms with Gasteiger partial charge in [-0.3, -0.25) is 14.6 Å². The van der Waals surface area contributed by atoms with E-state index in [-0.39, 0.29) is 56.0 Å². The lowest BCUT2D eigenvalue weighted by Gasteiger charge is -2.30. The molecule has 4 aromatic carbocycles. The van der Waals surface area contributed by atoms with Crippen LogP contribution in [0, 0.1) is 5.82 Å². The summed E-state index contributed by atoms with van der Waals surface area (Å²) >= 11 is 0. The average Bonchev–Trinajstić information content (AvgIpc) is 4.17. The molecule has 0 saturated carbocycles. The quantitative estimate of drug-likeness (QED) is 0.0657. The standard InChI is InChI=1S/C35H33FN4O4.C27H32N4O3S/c1-21(2)38-35(43)40-20-26-17-28(34(42)37-19-25-9-3-5-12-27(25)36)39-33(32(26)29(40)14-15-41)24-11-7-10-22(16-24)31-18-23-8-4-6-13-30(23)44-31;1-5-29-26(33)22-15-21-17-31(35(34)27(2,3)4)23(11-13-32)24(21)25(30-22)19-9-6-8-18(14-19)20-10-7-12-28-16-20/h3-13,16-18,21,29,41H,14-15,19-20H2,1-2H3,(H,37,42)(H,38,43);6-10,12,14-16,23,32H,5,11,13,17H2,1-4H3,(H,29,33)/t29-;23-,35-/m11/s1. The molecule has 0 fully saturated rings. The number of nitrogens with zero attached hydrogens (tertiary/aromatic N) is 5. The molecule has 0 bridgehead atoms. The number of para-hydroxylation sites is 1. The lowest BCUT2D eigenvalue weighted by atomic mass is 9.94. The highest BCUT2D eigenvalue weighted by molar-refractivity contribution is 7.84. The molecule has 2 aliphatic rings. The molecule has 0 aliphatic carbocycles. The Labute approximate surface area is 461 Å². The molecule has 5 N–H and O–H groups in total. The van der Waals surface area contributed by atoms with E-state index in [1.165, 1.54) is 6.07 Å². The van der Waals surface area contributed by atoms with Gasteiger partial charge in [0.2, 0.25) is 0 Å². The number of furan rings is 1. The minimum Gasteiger partial charge on any atom is -0.456 e. The largest absolute Gasteiger partial charge is 0.456 e. The minimum absolute atomic E-state index is 0.00278. The van der Waals surface area contributed by atoms with Crippen LogP contribution in [0.25, 0.3) is 55.9 Å². The van der Waals surface area contributed by atoms with Crippen molar-refractivity contribution in [2.75, 3.05) is 19.8 Å². The van der Waals surface area contributed by atoms with E-state index in [1.54, 1.807) is 41.4 Å². The highest BCUT2D eigenvalue weighted by Gasteiger charge is 2.41. The summed E-state index contributed by atoms with van der Waals surface area (Å²) in [5.41, 5.74) is 10.6. The maximum Gasteiger partial charge on any atom is 0.318 e. The van der Waals surface area contributed by atoms with E-state index < -0.39 is 33.5 Å². The molecule has 79 heavy (non-hydrogen) atoms. The predicted molar refractivity (Wildman–Crippen MR) is 305 cm³/mol. The summed E-state index contributed by atoms with van der Waals surface area (Å²) in [7, 11) is -1.30. The second kappa shape index (κ2) is 24.4. The number of hydrogen-bond donors (Lipinski definition) is 5. The van der Waals surface area contributed by atoms with Crippen LogP contribution >= 0.6 is 0 Å². The molecular weight excluding hydrogens is 1020 g/mol. The van der Waals surface area contributed by atoms with Gasteiger partial charge in [-0.25, -0.2) is 27.7 Å². The van der Waals surface area contributed by atoms with Crippen LogP contribution < -0.4 is 16.0 Å². The van der Waals surface area contributed by atoms with Gasteiger partial charge in [0.25, 0.3) is 11.8 Å². The first kappa shape index (κ1) is 55.8. The van der Waals surface area contributed by atoms with Crippen molar-refractivity contribution in [3.8, 4) is 45.0 Å². The molecule has 3 atom stereocenters. The lowest BCUT2D eigenvalue weighted by Crippen LogP contribution is -2.42. The fourth-order valence-corrected chi connectivity index (χ4v) is 11.6. The molecule has 0 radical (unpaired) electrons. The average molecular weight is 1090 g/mol. The van der Waals surface area contributed by atoms with Gasteiger partial charge in [0.15, 0.2) is 0 Å². The fourth-order valence-electron chi connectivity index (χ4n) is 10.1. The summed E-state index contributed by atoms with van der Waals surface area (Å²) in [5.74, 6) is -0.423. The van der Waals surface area contributed by atoms with Gasteiger partial charge >= 0.3 is 6.03 Å². The van der Waals surface area contributed by atoms with E-state index in [0.717, 1.165) is 61.0 Å². The van der Waals surface area contributed by atoms with Gasteiger partial charge in [0.05, 0.1) is 28.2 Å². The van der Waals surface area contributed by atoms with Crippen LogP contribution in [0.3, 0.4) is 0 Å². The summed E-state index contributed by atoms with van der Waals surface area (Å²) in [6, 6.07) is 38.0. The molecule has 0 saturated heterocycles. The third kappa shape index (κ3) is 12.3. The van der Waals surface area contributed by atoms with Gasteiger partial charge < -0.3 is 35.5 Å². The van der Waals surface area contributed by atoms with Gasteiger partial charge in [0, 0.05) is 102 Å². The van der Waals surface area contributed by atoms with Crippen LogP contribution in [0.5, 0.6) is 0 Å². The SMILES string of the molecule is CC(C)NC(=O)N1Cc2cc(C(=O)NCc3ccccc3F)nc(-c3cccc(-c4cc5ccccc5o4)c3)c2[C@H]1CCO.CCNC(=O)c1cc2c(c(-c3cccc(-c4cccnc4)c3)n1)[C@@H](CCO)N([S@](=O)C(C)(C)C)C2. The number of nitrogens with one attached hydrogen (secondary N) is 3. The molecule has 10 rings (SSSR count). The van der Waals surface area contributed by atoms with Crippen molar-refractivity contribution in [1.29, 1.82) is 0 Å². The minimum atomic E-state index is -1.30. The Hall–Kier alpha value is -7.96. The number of aliphatic hydroxyl groups is 2. The summed E-state index contributed by atoms with van der Waals surface area (Å²) in [6.45, 7) is 12.4. The topological polar surface area (TPSA) is 203 Å². The zero-order valence-electron chi connectivity index (χ0n) is 45.1. The van der Waals surface area contributed by atoms with E-state index in [0.29, 0.717) is 54.3 Å². The maximum atomic E-state index is 14.2. The maximum absolute atomic E-state index is 14.2. The zero-order chi connectivity index (χ0) is 56.0. The van der Waals surface area contributed by atoms with Crippen molar-refractivity contribution in [2.24, 2.45) is 0 Å². The van der Waals surface area contributed by atoms with Crippen molar-refractivity contribution in [2.45, 2.75) is 96.9 Å². The van der Waals surface area contributed by atoms with E-state index >= 15 is 0 Å². The first-order valence-electron chi connectivity index (χ1n) is 26.5. The molecule has 4 amide bonds. The molecule has 6 heterocycles. The first-order valence-corrected chi connectivity index (χ1v) is 27.6.